The number of aromatic nitrogens is 6. The summed E-state index contributed by atoms with van der Waals surface area (Å²) in [5.74, 6) is 0.271. The van der Waals surface area contributed by atoms with Crippen molar-refractivity contribution in [3.8, 4) is 12.0 Å². The Morgan fingerprint density at radius 3 is 2.73 bits per heavy atom. The molecule has 0 bridgehead atoms. The first kappa shape index (κ1) is 9.78. The van der Waals surface area contributed by atoms with Crippen molar-refractivity contribution in [3.63, 3.8) is 0 Å². The van der Waals surface area contributed by atoms with Crippen LogP contribution in [-0.4, -0.2) is 37.1 Å². The van der Waals surface area contributed by atoms with Gasteiger partial charge in [-0.1, -0.05) is 5.21 Å². The van der Waals surface area contributed by atoms with Gasteiger partial charge in [0.15, 0.2) is 0 Å². The van der Waals surface area contributed by atoms with Crippen molar-refractivity contribution < 1.29 is 4.74 Å². The quantitative estimate of drug-likeness (QED) is 0.739. The average molecular weight is 227 g/mol. The number of hydrogen-bond donors (Lipinski definition) is 0. The summed E-state index contributed by atoms with van der Waals surface area (Å²) in [6.45, 7) is 1.81. The van der Waals surface area contributed by atoms with Crippen LogP contribution in [0.25, 0.3) is 5.95 Å². The molecule has 2 rings (SSSR count). The van der Waals surface area contributed by atoms with E-state index in [1.54, 1.807) is 6.20 Å². The summed E-state index contributed by atoms with van der Waals surface area (Å²) in [7, 11) is 1.45. The normalized spacial score (nSPS) is 10.3. The van der Waals surface area contributed by atoms with E-state index in [0.717, 1.165) is 5.69 Å². The van der Waals surface area contributed by atoms with Gasteiger partial charge >= 0.3 is 6.01 Å². The number of halogens is 1. The zero-order chi connectivity index (χ0) is 10.8. The molecule has 0 fully saturated rings. The number of nitrogens with zero attached hydrogens (tertiary/aromatic N) is 6. The fourth-order valence-corrected chi connectivity index (χ4v) is 1.11. The van der Waals surface area contributed by atoms with Gasteiger partial charge in [-0.3, -0.25) is 0 Å². The van der Waals surface area contributed by atoms with Gasteiger partial charge in [-0.25, -0.2) is 0 Å². The fourth-order valence-electron chi connectivity index (χ4n) is 0.961. The van der Waals surface area contributed by atoms with E-state index in [1.165, 1.54) is 11.8 Å². The van der Waals surface area contributed by atoms with Crippen molar-refractivity contribution in [2.45, 2.75) is 6.92 Å². The zero-order valence-electron chi connectivity index (χ0n) is 8.05. The third-order valence-corrected chi connectivity index (χ3v) is 1.74. The minimum atomic E-state index is 0.0463. The lowest BCUT2D eigenvalue weighted by atomic mass is 10.6. The summed E-state index contributed by atoms with van der Waals surface area (Å²) in [5.41, 5.74) is 0.755. The molecule has 0 saturated carbocycles. The number of rotatable bonds is 2. The van der Waals surface area contributed by atoms with Crippen molar-refractivity contribution in [2.75, 3.05) is 7.11 Å². The molecule has 0 aromatic carbocycles. The first-order chi connectivity index (χ1) is 7.19. The van der Waals surface area contributed by atoms with Crippen LogP contribution in [0.15, 0.2) is 6.20 Å². The first-order valence-electron chi connectivity index (χ1n) is 4.04. The van der Waals surface area contributed by atoms with Crippen molar-refractivity contribution in [1.29, 1.82) is 0 Å². The van der Waals surface area contributed by atoms with Crippen LogP contribution < -0.4 is 4.74 Å². The van der Waals surface area contributed by atoms with Gasteiger partial charge in [0.25, 0.3) is 5.95 Å². The lowest BCUT2D eigenvalue weighted by Crippen LogP contribution is -2.05. The Balaban J connectivity index is 2.48. The lowest BCUT2D eigenvalue weighted by molar-refractivity contribution is 0.376. The maximum Gasteiger partial charge on any atom is 0.322 e. The third-order valence-electron chi connectivity index (χ3n) is 1.57. The first-order valence-corrected chi connectivity index (χ1v) is 4.42. The average Bonchev–Trinajstić information content (AvgIpc) is 2.64. The van der Waals surface area contributed by atoms with E-state index in [0.29, 0.717) is 0 Å². The van der Waals surface area contributed by atoms with Crippen LogP contribution in [0.1, 0.15) is 5.69 Å². The van der Waals surface area contributed by atoms with Crippen molar-refractivity contribution >= 4 is 11.6 Å². The molecule has 0 radical (unpaired) electrons. The van der Waals surface area contributed by atoms with Crippen molar-refractivity contribution in [2.24, 2.45) is 0 Å². The Kier molecular flexibility index (Phi) is 2.46. The molecule has 0 aliphatic rings. The minimum absolute atomic E-state index is 0.0463. The molecule has 0 aliphatic heterocycles. The smallest absolute Gasteiger partial charge is 0.322 e. The Morgan fingerprint density at radius 2 is 2.13 bits per heavy atom. The highest BCUT2D eigenvalue weighted by Gasteiger charge is 2.08. The molecular formula is C7H7ClN6O. The largest absolute Gasteiger partial charge is 0.467 e. The highest BCUT2D eigenvalue weighted by molar-refractivity contribution is 6.28. The van der Waals surface area contributed by atoms with Crippen LogP contribution in [-0.2, 0) is 0 Å². The van der Waals surface area contributed by atoms with Gasteiger partial charge in [0, 0.05) is 0 Å². The minimum Gasteiger partial charge on any atom is -0.467 e. The highest BCUT2D eigenvalue weighted by atomic mass is 35.5. The Bertz CT molecular complexity index is 484. The van der Waals surface area contributed by atoms with Gasteiger partial charge in [-0.05, 0) is 18.5 Å². The van der Waals surface area contributed by atoms with Crippen LogP contribution in [0.4, 0.5) is 0 Å². The van der Waals surface area contributed by atoms with Gasteiger partial charge < -0.3 is 4.74 Å². The predicted octanol–water partition coefficient (Wildman–Crippen LogP) is 0.423. The number of ether oxygens (including phenoxy) is 1. The topological polar surface area (TPSA) is 78.6 Å². The number of hydrogen-bond acceptors (Lipinski definition) is 6. The fraction of sp³-hybridized carbons (Fsp3) is 0.286. The summed E-state index contributed by atoms with van der Waals surface area (Å²) >= 11 is 5.68. The van der Waals surface area contributed by atoms with Crippen LogP contribution in [0.2, 0.25) is 5.28 Å². The summed E-state index contributed by atoms with van der Waals surface area (Å²) in [6, 6.07) is 0.137. The van der Waals surface area contributed by atoms with Gasteiger partial charge in [-0.2, -0.15) is 19.6 Å². The van der Waals surface area contributed by atoms with Gasteiger partial charge in [0.1, 0.15) is 0 Å². The van der Waals surface area contributed by atoms with Crippen LogP contribution >= 0.6 is 11.6 Å². The van der Waals surface area contributed by atoms with E-state index in [4.69, 9.17) is 16.3 Å². The Labute approximate surface area is 90.1 Å². The Morgan fingerprint density at radius 1 is 1.33 bits per heavy atom. The summed E-state index contributed by atoms with van der Waals surface area (Å²) in [6.07, 6.45) is 1.67. The van der Waals surface area contributed by atoms with E-state index in [-0.39, 0.29) is 17.2 Å². The molecule has 8 heteroatoms. The molecule has 15 heavy (non-hydrogen) atoms. The molecule has 0 spiro atoms. The molecule has 0 N–H and O–H groups in total. The lowest BCUT2D eigenvalue weighted by Gasteiger charge is -2.00. The number of aryl methyl sites for hydroxylation is 1. The molecule has 2 heterocycles. The van der Waals surface area contributed by atoms with Crippen LogP contribution in [0.3, 0.4) is 0 Å². The standard InChI is InChI=1S/C7H7ClN6O/c1-4-3-14(13-12-4)6-9-5(8)10-7(11-6)15-2/h3H,1-2H3. The van der Waals surface area contributed by atoms with E-state index in [1.807, 2.05) is 6.92 Å². The molecule has 0 amide bonds. The second-order valence-electron chi connectivity index (χ2n) is 2.70. The maximum absolute atomic E-state index is 5.68. The second kappa shape index (κ2) is 3.77. The maximum atomic E-state index is 5.68. The summed E-state index contributed by atoms with van der Waals surface area (Å²) < 4.78 is 6.25. The van der Waals surface area contributed by atoms with E-state index in [2.05, 4.69) is 25.3 Å². The van der Waals surface area contributed by atoms with Gasteiger partial charge in [0.2, 0.25) is 5.28 Å². The van der Waals surface area contributed by atoms with Crippen LogP contribution in [0, 0.1) is 6.92 Å². The molecule has 0 unspecified atom stereocenters. The highest BCUT2D eigenvalue weighted by Crippen LogP contribution is 2.09. The SMILES string of the molecule is COc1nc(Cl)nc(-n2cc(C)nn2)n1. The molecule has 0 atom stereocenters. The van der Waals surface area contributed by atoms with E-state index in [9.17, 15) is 0 Å². The molecule has 0 aliphatic carbocycles. The van der Waals surface area contributed by atoms with Crippen LogP contribution in [0.5, 0.6) is 6.01 Å². The third kappa shape index (κ3) is 2.01. The van der Waals surface area contributed by atoms with E-state index < -0.39 is 0 Å². The molecule has 0 saturated heterocycles. The summed E-state index contributed by atoms with van der Waals surface area (Å²) in [5, 5.41) is 7.66. The van der Waals surface area contributed by atoms with E-state index >= 15 is 0 Å². The molecule has 2 aromatic rings. The van der Waals surface area contributed by atoms with Crippen molar-refractivity contribution in [1.82, 2.24) is 29.9 Å². The monoisotopic (exact) mass is 226 g/mol. The van der Waals surface area contributed by atoms with Gasteiger partial charge in [-0.15, -0.1) is 5.10 Å². The van der Waals surface area contributed by atoms with Gasteiger partial charge in [0.05, 0.1) is 19.0 Å². The molecular weight excluding hydrogens is 220 g/mol. The summed E-state index contributed by atoms with van der Waals surface area (Å²) in [4.78, 5) is 11.6. The molecule has 2 aromatic heterocycles. The number of methoxy groups -OCH3 is 1. The predicted molar refractivity (Wildman–Crippen MR) is 51.0 cm³/mol. The zero-order valence-corrected chi connectivity index (χ0v) is 8.80. The molecule has 7 nitrogen and oxygen atoms in total. The molecule has 78 valence electrons. The Hall–Kier alpha value is -1.76. The van der Waals surface area contributed by atoms with Crippen molar-refractivity contribution in [3.05, 3.63) is 17.2 Å². The second-order valence-corrected chi connectivity index (χ2v) is 3.03.